The van der Waals surface area contributed by atoms with E-state index in [-0.39, 0.29) is 29.7 Å². The average molecular weight is 249 g/mol. The molecule has 0 aromatic heterocycles. The van der Waals surface area contributed by atoms with Gasteiger partial charge < -0.3 is 24.0 Å². The predicted octanol–water partition coefficient (Wildman–Crippen LogP) is -1.66. The van der Waals surface area contributed by atoms with Gasteiger partial charge in [0.1, 0.15) is 16.5 Å². The van der Waals surface area contributed by atoms with Crippen LogP contribution in [0.2, 0.25) is 0 Å². The van der Waals surface area contributed by atoms with Crippen LogP contribution in [0.5, 0.6) is 0 Å². The van der Waals surface area contributed by atoms with Gasteiger partial charge in [0.15, 0.2) is 0 Å². The number of aliphatic hydroxyl groups is 1. The van der Waals surface area contributed by atoms with Crippen molar-refractivity contribution in [2.24, 2.45) is 0 Å². The fraction of sp³-hybridized carbons (Fsp3) is 1.00. The Kier molecular flexibility index (Phi) is 23.5. The van der Waals surface area contributed by atoms with Gasteiger partial charge in [0, 0.05) is 5.88 Å². The van der Waals surface area contributed by atoms with Gasteiger partial charge in [-0.3, -0.25) is 4.31 Å². The van der Waals surface area contributed by atoms with E-state index < -0.39 is 16.5 Å². The van der Waals surface area contributed by atoms with Crippen LogP contribution in [0.3, 0.4) is 0 Å². The van der Waals surface area contributed by atoms with E-state index in [0.717, 1.165) is 0 Å². The van der Waals surface area contributed by atoms with Gasteiger partial charge in [0.25, 0.3) is 0 Å². The minimum Gasteiger partial charge on any atom is -0.781 e. The van der Waals surface area contributed by atoms with Crippen LogP contribution < -0.4 is 9.79 Å². The van der Waals surface area contributed by atoms with Crippen molar-refractivity contribution in [3.8, 4) is 0 Å². The van der Waals surface area contributed by atoms with Crippen molar-refractivity contribution >= 4 is 51.2 Å². The van der Waals surface area contributed by atoms with E-state index in [4.69, 9.17) is 16.7 Å². The quantitative estimate of drug-likeness (QED) is 0.364. The molecule has 0 bridgehead atoms. The Hall–Kier alpha value is 1.36. The van der Waals surface area contributed by atoms with Crippen LogP contribution in [0, 0.1) is 0 Å². The first-order valence-corrected chi connectivity index (χ1v) is 5.29. The molecule has 0 aromatic carbocycles. The van der Waals surface area contributed by atoms with E-state index in [9.17, 15) is 18.9 Å². The zero-order chi connectivity index (χ0) is 9.28. The largest absolute Gasteiger partial charge is 2.00 e. The van der Waals surface area contributed by atoms with Crippen molar-refractivity contribution in [3.05, 3.63) is 0 Å². The van der Waals surface area contributed by atoms with Crippen molar-refractivity contribution in [1.82, 2.24) is 0 Å². The molecule has 0 aromatic rings. The molecule has 12 heavy (non-hydrogen) atoms. The molecule has 0 aliphatic heterocycles. The normalized spacial score (nSPS) is 13.3. The zero-order valence-electron chi connectivity index (χ0n) is 5.99. The summed E-state index contributed by atoms with van der Waals surface area (Å²) in [6.07, 6.45) is 0. The van der Waals surface area contributed by atoms with E-state index in [1.54, 1.807) is 0 Å². The van der Waals surface area contributed by atoms with Crippen molar-refractivity contribution in [2.45, 2.75) is 0 Å². The number of hydrogen-bond donors (Lipinski definition) is 1. The molecule has 0 saturated carbocycles. The monoisotopic (exact) mass is 248 g/mol. The topological polar surface area (TPSA) is 110 Å². The van der Waals surface area contributed by atoms with Crippen molar-refractivity contribution in [1.29, 1.82) is 0 Å². The Morgan fingerprint density at radius 2 is 1.58 bits per heavy atom. The molecule has 2 unspecified atom stereocenters. The molecule has 0 aliphatic rings. The summed E-state index contributed by atoms with van der Waals surface area (Å²) < 4.78 is 21.8. The predicted molar refractivity (Wildman–Crippen MR) is 42.6 cm³/mol. The number of aliphatic hydroxyl groups excluding tert-OH is 1. The molecular weight excluding hydrogens is 242 g/mol. The third-order valence-corrected chi connectivity index (χ3v) is 1.75. The summed E-state index contributed by atoms with van der Waals surface area (Å²) in [5.41, 5.74) is 0. The van der Waals surface area contributed by atoms with Crippen LogP contribution in [-0.2, 0) is 13.4 Å². The van der Waals surface area contributed by atoms with Crippen LogP contribution in [-0.4, -0.2) is 40.6 Å². The van der Waals surface area contributed by atoms with E-state index in [2.05, 4.69) is 4.31 Å². The van der Waals surface area contributed by atoms with Gasteiger partial charge in [-0.05, 0) is 0 Å². The molecule has 0 saturated heterocycles. The minimum absolute atomic E-state index is 0. The molecule has 0 fully saturated rings. The molecular formula is C2H7ClMgO6P2. The maximum atomic E-state index is 9.29. The van der Waals surface area contributed by atoms with Crippen LogP contribution in [0.15, 0.2) is 0 Å². The summed E-state index contributed by atoms with van der Waals surface area (Å²) in [7, 11) is -7.03. The molecule has 1 N–H and O–H groups in total. The molecule has 0 radical (unpaired) electrons. The summed E-state index contributed by atoms with van der Waals surface area (Å²) in [6.45, 7) is 0.0849. The number of alkyl halides is 1. The summed E-state index contributed by atoms with van der Waals surface area (Å²) in [4.78, 5) is 18.6. The smallest absolute Gasteiger partial charge is 0.781 e. The number of halogens is 1. The molecule has 6 nitrogen and oxygen atoms in total. The van der Waals surface area contributed by atoms with E-state index in [1.165, 1.54) is 0 Å². The van der Waals surface area contributed by atoms with Gasteiger partial charge in [-0.15, -0.1) is 11.6 Å². The van der Waals surface area contributed by atoms with Crippen molar-refractivity contribution in [2.75, 3.05) is 12.5 Å². The van der Waals surface area contributed by atoms with Crippen molar-refractivity contribution < 1.29 is 28.3 Å². The maximum Gasteiger partial charge on any atom is 2.00 e. The van der Waals surface area contributed by atoms with Gasteiger partial charge in [0.2, 0.25) is 0 Å². The molecule has 10 heteroatoms. The van der Waals surface area contributed by atoms with Crippen LogP contribution in [0.25, 0.3) is 0 Å². The van der Waals surface area contributed by atoms with Crippen molar-refractivity contribution in [3.63, 3.8) is 0 Å². The summed E-state index contributed by atoms with van der Waals surface area (Å²) in [6, 6.07) is 0. The van der Waals surface area contributed by atoms with Crippen LogP contribution in [0.4, 0.5) is 0 Å². The molecule has 0 rings (SSSR count). The second-order valence-electron chi connectivity index (χ2n) is 1.01. The zero-order valence-corrected chi connectivity index (χ0v) is 10.2. The third-order valence-electron chi connectivity index (χ3n) is 0.251. The Morgan fingerprint density at radius 1 is 1.33 bits per heavy atom. The van der Waals surface area contributed by atoms with E-state index >= 15 is 0 Å². The summed E-state index contributed by atoms with van der Waals surface area (Å²) >= 11 is 4.94. The standard InChI is InChI=1S/C2H5ClO.Mg.H4O5P2/c3-1-2-4;;1-6(2)5-7(3)4/h4H,1-2H2;;6-7H,(H,1,2)(H,3,4)/q;+2;/p-2. The van der Waals surface area contributed by atoms with E-state index in [1.807, 2.05) is 0 Å². The van der Waals surface area contributed by atoms with Gasteiger partial charge in [-0.2, -0.15) is 0 Å². The summed E-state index contributed by atoms with van der Waals surface area (Å²) in [5.74, 6) is 0.347. The summed E-state index contributed by atoms with van der Waals surface area (Å²) in [5, 5.41) is 7.74. The van der Waals surface area contributed by atoms with Gasteiger partial charge in [-0.25, -0.2) is 0 Å². The molecule has 0 aliphatic carbocycles. The first-order valence-electron chi connectivity index (χ1n) is 2.31. The molecule has 0 heterocycles. The van der Waals surface area contributed by atoms with Gasteiger partial charge in [0.05, 0.1) is 6.61 Å². The van der Waals surface area contributed by atoms with Crippen LogP contribution >= 0.6 is 28.1 Å². The SMILES string of the molecule is O=[PH]([O-])O[PH](=O)[O-].OCCCl.[Mg+2]. The van der Waals surface area contributed by atoms with Gasteiger partial charge >= 0.3 is 23.1 Å². The first kappa shape index (κ1) is 19.0. The molecule has 2 atom stereocenters. The molecule has 0 spiro atoms. The fourth-order valence-corrected chi connectivity index (χ4v) is 0.612. The first-order chi connectivity index (χ1) is 5.04. The maximum absolute atomic E-state index is 9.29. The molecule has 0 amide bonds. The number of rotatable bonds is 3. The Bertz CT molecular complexity index is 119. The minimum atomic E-state index is -3.51. The Labute approximate surface area is 91.9 Å². The van der Waals surface area contributed by atoms with Gasteiger partial charge in [-0.1, -0.05) is 0 Å². The fourth-order valence-electron chi connectivity index (χ4n) is 0.0680. The second kappa shape index (κ2) is 14.9. The average Bonchev–Trinajstić information content (AvgIpc) is 1.85. The second-order valence-corrected chi connectivity index (χ2v) is 3.21. The van der Waals surface area contributed by atoms with E-state index in [0.29, 0.717) is 5.88 Å². The number of hydrogen-bond acceptors (Lipinski definition) is 6. The molecule has 70 valence electrons. The van der Waals surface area contributed by atoms with Crippen LogP contribution in [0.1, 0.15) is 0 Å². The third kappa shape index (κ3) is 30.1. The Morgan fingerprint density at radius 3 is 1.58 bits per heavy atom. The Balaban J connectivity index is -0.000000142.